The molecule has 0 fully saturated rings. The second kappa shape index (κ2) is 8.86. The van der Waals surface area contributed by atoms with Crippen molar-refractivity contribution in [3.05, 3.63) is 65.3 Å². The molecule has 2 aromatic carbocycles. The molecule has 0 spiro atoms. The molecule has 8 nitrogen and oxygen atoms in total. The zero-order valence-corrected chi connectivity index (χ0v) is 17.0. The van der Waals surface area contributed by atoms with Crippen LogP contribution < -0.4 is 14.2 Å². The highest BCUT2D eigenvalue weighted by Gasteiger charge is 2.20. The summed E-state index contributed by atoms with van der Waals surface area (Å²) >= 11 is 0. The van der Waals surface area contributed by atoms with E-state index in [2.05, 4.69) is 10.1 Å². The Labute approximate surface area is 174 Å². The highest BCUT2D eigenvalue weighted by molar-refractivity contribution is 5.94. The minimum atomic E-state index is -0.0628. The minimum absolute atomic E-state index is 0.0628. The Morgan fingerprint density at radius 2 is 1.93 bits per heavy atom. The molecule has 8 heteroatoms. The number of para-hydroxylation sites is 1. The lowest BCUT2D eigenvalue weighted by atomic mass is 10.1. The smallest absolute Gasteiger partial charge is 0.254 e. The Bertz CT molecular complexity index is 1020. The van der Waals surface area contributed by atoms with Crippen molar-refractivity contribution in [3.63, 3.8) is 0 Å². The lowest BCUT2D eigenvalue weighted by Gasteiger charge is -2.25. The van der Waals surface area contributed by atoms with Gasteiger partial charge in [0.15, 0.2) is 18.1 Å². The van der Waals surface area contributed by atoms with Crippen molar-refractivity contribution < 1.29 is 23.5 Å². The van der Waals surface area contributed by atoms with E-state index in [0.717, 1.165) is 17.1 Å². The number of rotatable bonds is 7. The summed E-state index contributed by atoms with van der Waals surface area (Å²) in [5.41, 5.74) is 1.51. The van der Waals surface area contributed by atoms with Crippen LogP contribution in [0.4, 0.5) is 0 Å². The van der Waals surface area contributed by atoms with Crippen molar-refractivity contribution in [3.8, 4) is 17.2 Å². The number of carbonyl (C=O) groups is 1. The Morgan fingerprint density at radius 1 is 1.13 bits per heavy atom. The van der Waals surface area contributed by atoms with Gasteiger partial charge < -0.3 is 23.6 Å². The Morgan fingerprint density at radius 3 is 2.67 bits per heavy atom. The fourth-order valence-electron chi connectivity index (χ4n) is 3.22. The van der Waals surface area contributed by atoms with Crippen LogP contribution in [0.2, 0.25) is 0 Å². The van der Waals surface area contributed by atoms with Crippen molar-refractivity contribution in [2.24, 2.45) is 0 Å². The van der Waals surface area contributed by atoms with Gasteiger partial charge in [0, 0.05) is 31.1 Å². The molecule has 4 rings (SSSR count). The molecule has 3 aromatic rings. The van der Waals surface area contributed by atoms with Gasteiger partial charge in [-0.05, 0) is 37.3 Å². The molecule has 30 heavy (non-hydrogen) atoms. The molecule has 0 saturated heterocycles. The number of aromatic nitrogens is 2. The van der Waals surface area contributed by atoms with E-state index >= 15 is 0 Å². The summed E-state index contributed by atoms with van der Waals surface area (Å²) in [5.74, 6) is 2.97. The summed E-state index contributed by atoms with van der Waals surface area (Å²) in [4.78, 5) is 18.9. The van der Waals surface area contributed by atoms with Crippen LogP contribution in [-0.2, 0) is 13.2 Å². The molecular weight excluding hydrogens is 386 g/mol. The van der Waals surface area contributed by atoms with Crippen molar-refractivity contribution >= 4 is 5.91 Å². The molecule has 0 unspecified atom stereocenters. The Balaban J connectivity index is 1.42. The van der Waals surface area contributed by atoms with E-state index in [1.807, 2.05) is 25.1 Å². The first-order valence-electron chi connectivity index (χ1n) is 9.83. The number of ether oxygens (including phenoxy) is 3. The van der Waals surface area contributed by atoms with Gasteiger partial charge in [0.2, 0.25) is 11.7 Å². The van der Waals surface area contributed by atoms with Gasteiger partial charge in [0.05, 0.1) is 0 Å². The topological polar surface area (TPSA) is 86.9 Å². The van der Waals surface area contributed by atoms with E-state index in [0.29, 0.717) is 49.3 Å². The normalized spacial score (nSPS) is 12.5. The standard InChI is InChI=1S/C22H23N3O5/c1-3-25(13-17-5-4-6-19-21(17)28-12-11-27-19)22(26)16-7-9-18(10-8-16)29-14-20-23-15(2)30-24-20/h4-10H,3,11-14H2,1-2H3. The molecule has 1 aliphatic rings. The molecule has 0 bridgehead atoms. The van der Waals surface area contributed by atoms with E-state index in [1.54, 1.807) is 36.1 Å². The molecule has 1 aromatic heterocycles. The zero-order chi connectivity index (χ0) is 20.9. The van der Waals surface area contributed by atoms with Gasteiger partial charge in [-0.2, -0.15) is 4.98 Å². The summed E-state index contributed by atoms with van der Waals surface area (Å²) in [6.45, 7) is 5.93. The first kappa shape index (κ1) is 19.8. The van der Waals surface area contributed by atoms with E-state index in [1.165, 1.54) is 0 Å². The van der Waals surface area contributed by atoms with Crippen molar-refractivity contribution in [1.82, 2.24) is 15.0 Å². The molecule has 0 saturated carbocycles. The van der Waals surface area contributed by atoms with Crippen LogP contribution in [0.15, 0.2) is 47.0 Å². The third-order valence-corrected chi connectivity index (χ3v) is 4.72. The fourth-order valence-corrected chi connectivity index (χ4v) is 3.22. The van der Waals surface area contributed by atoms with Gasteiger partial charge in [-0.15, -0.1) is 0 Å². The monoisotopic (exact) mass is 409 g/mol. The molecule has 1 amide bonds. The maximum Gasteiger partial charge on any atom is 0.254 e. The fraction of sp³-hybridized carbons (Fsp3) is 0.318. The molecule has 0 aliphatic carbocycles. The number of fused-ring (bicyclic) bond motifs is 1. The third kappa shape index (κ3) is 4.37. The summed E-state index contributed by atoms with van der Waals surface area (Å²) < 4.78 is 22.0. The van der Waals surface area contributed by atoms with Gasteiger partial charge in [-0.1, -0.05) is 17.3 Å². The second-order valence-electron chi connectivity index (χ2n) is 6.80. The van der Waals surface area contributed by atoms with E-state index < -0.39 is 0 Å². The van der Waals surface area contributed by atoms with Crippen LogP contribution in [0.3, 0.4) is 0 Å². The van der Waals surface area contributed by atoms with Crippen LogP contribution in [0.5, 0.6) is 17.2 Å². The molecule has 2 heterocycles. The highest BCUT2D eigenvalue weighted by atomic mass is 16.6. The summed E-state index contributed by atoms with van der Waals surface area (Å²) in [7, 11) is 0. The number of amides is 1. The predicted octanol–water partition coefficient (Wildman–Crippen LogP) is 3.39. The summed E-state index contributed by atoms with van der Waals surface area (Å²) in [6.07, 6.45) is 0. The molecule has 0 N–H and O–H groups in total. The average Bonchev–Trinajstić information content (AvgIpc) is 3.21. The summed E-state index contributed by atoms with van der Waals surface area (Å²) in [6, 6.07) is 12.8. The lowest BCUT2D eigenvalue weighted by Crippen LogP contribution is -2.30. The minimum Gasteiger partial charge on any atom is -0.486 e. The van der Waals surface area contributed by atoms with Crippen molar-refractivity contribution in [2.45, 2.75) is 27.0 Å². The predicted molar refractivity (Wildman–Crippen MR) is 108 cm³/mol. The van der Waals surface area contributed by atoms with Crippen LogP contribution in [0.1, 0.15) is 34.6 Å². The molecule has 1 aliphatic heterocycles. The second-order valence-corrected chi connectivity index (χ2v) is 6.80. The maximum atomic E-state index is 13.0. The van der Waals surface area contributed by atoms with E-state index in [9.17, 15) is 4.79 Å². The number of nitrogens with zero attached hydrogens (tertiary/aromatic N) is 3. The largest absolute Gasteiger partial charge is 0.486 e. The van der Waals surface area contributed by atoms with Gasteiger partial charge in [-0.3, -0.25) is 4.79 Å². The highest BCUT2D eigenvalue weighted by Crippen LogP contribution is 2.34. The summed E-state index contributed by atoms with van der Waals surface area (Å²) in [5, 5.41) is 3.79. The Kier molecular flexibility index (Phi) is 5.83. The molecule has 0 radical (unpaired) electrons. The lowest BCUT2D eigenvalue weighted by molar-refractivity contribution is 0.0749. The zero-order valence-electron chi connectivity index (χ0n) is 17.0. The SMILES string of the molecule is CCN(Cc1cccc2c1OCCO2)C(=O)c1ccc(OCc2noc(C)n2)cc1. The maximum absolute atomic E-state index is 13.0. The molecule has 156 valence electrons. The van der Waals surface area contributed by atoms with Crippen LogP contribution >= 0.6 is 0 Å². The third-order valence-electron chi connectivity index (χ3n) is 4.72. The number of hydrogen-bond acceptors (Lipinski definition) is 7. The number of aryl methyl sites for hydroxylation is 1. The first-order chi connectivity index (χ1) is 14.6. The number of hydrogen-bond donors (Lipinski definition) is 0. The van der Waals surface area contributed by atoms with Gasteiger partial charge in [-0.25, -0.2) is 0 Å². The molecular formula is C22H23N3O5. The van der Waals surface area contributed by atoms with Crippen molar-refractivity contribution in [1.29, 1.82) is 0 Å². The number of carbonyl (C=O) groups excluding carboxylic acids is 1. The average molecular weight is 409 g/mol. The van der Waals surface area contributed by atoms with Gasteiger partial charge >= 0.3 is 0 Å². The Hall–Kier alpha value is -3.55. The quantitative estimate of drug-likeness (QED) is 0.591. The van der Waals surface area contributed by atoms with Gasteiger partial charge in [0.1, 0.15) is 19.0 Å². The van der Waals surface area contributed by atoms with E-state index in [4.69, 9.17) is 18.7 Å². The number of benzene rings is 2. The first-order valence-corrected chi connectivity index (χ1v) is 9.83. The van der Waals surface area contributed by atoms with Crippen molar-refractivity contribution in [2.75, 3.05) is 19.8 Å². The molecule has 0 atom stereocenters. The van der Waals surface area contributed by atoms with Crippen LogP contribution in [0, 0.1) is 6.92 Å². The van der Waals surface area contributed by atoms with E-state index in [-0.39, 0.29) is 12.5 Å². The van der Waals surface area contributed by atoms with Gasteiger partial charge in [0.25, 0.3) is 5.91 Å². The van der Waals surface area contributed by atoms with Crippen LogP contribution in [-0.4, -0.2) is 40.7 Å². The van der Waals surface area contributed by atoms with Crippen LogP contribution in [0.25, 0.3) is 0 Å².